The van der Waals surface area contributed by atoms with Crippen molar-refractivity contribution in [3.05, 3.63) is 0 Å². The molecule has 0 aromatic heterocycles. The summed E-state index contributed by atoms with van der Waals surface area (Å²) in [4.78, 5) is 0. The van der Waals surface area contributed by atoms with Crippen molar-refractivity contribution >= 4 is 0 Å². The van der Waals surface area contributed by atoms with Gasteiger partial charge in [-0.05, 0) is 31.6 Å². The molecule has 0 radical (unpaired) electrons. The summed E-state index contributed by atoms with van der Waals surface area (Å²) >= 11 is 0. The fraction of sp³-hybridized carbons (Fsp3) is 1.00. The standard InChI is InChI=1S/C14H31NO2/c1-12(2)6-8-17-9-7-15-11-14(5,16)10-13(3)4/h12-13,15-16H,6-11H2,1-5H3. The molecule has 1 atom stereocenters. The van der Waals surface area contributed by atoms with Crippen LogP contribution in [0.25, 0.3) is 0 Å². The zero-order chi connectivity index (χ0) is 13.3. The van der Waals surface area contributed by atoms with Gasteiger partial charge in [-0.3, -0.25) is 0 Å². The van der Waals surface area contributed by atoms with Crippen molar-refractivity contribution in [3.63, 3.8) is 0 Å². The maximum Gasteiger partial charge on any atom is 0.0746 e. The molecule has 104 valence electrons. The highest BCUT2D eigenvalue weighted by molar-refractivity contribution is 4.76. The first-order chi connectivity index (χ1) is 7.83. The van der Waals surface area contributed by atoms with Crippen LogP contribution in [0.4, 0.5) is 0 Å². The monoisotopic (exact) mass is 245 g/mol. The largest absolute Gasteiger partial charge is 0.389 e. The van der Waals surface area contributed by atoms with Gasteiger partial charge in [-0.25, -0.2) is 0 Å². The van der Waals surface area contributed by atoms with Crippen molar-refractivity contribution in [2.45, 2.75) is 53.1 Å². The van der Waals surface area contributed by atoms with E-state index < -0.39 is 5.60 Å². The van der Waals surface area contributed by atoms with Gasteiger partial charge in [-0.1, -0.05) is 27.7 Å². The number of aliphatic hydroxyl groups is 1. The zero-order valence-corrected chi connectivity index (χ0v) is 12.3. The normalized spacial score (nSPS) is 15.5. The number of hydrogen-bond acceptors (Lipinski definition) is 3. The molecule has 0 saturated carbocycles. The average Bonchev–Trinajstić information content (AvgIpc) is 2.13. The Morgan fingerprint density at radius 2 is 1.76 bits per heavy atom. The van der Waals surface area contributed by atoms with E-state index in [-0.39, 0.29) is 0 Å². The van der Waals surface area contributed by atoms with Crippen molar-refractivity contribution in [2.75, 3.05) is 26.3 Å². The Balaban J connectivity index is 3.38. The van der Waals surface area contributed by atoms with Gasteiger partial charge in [0.05, 0.1) is 12.2 Å². The maximum atomic E-state index is 10.1. The van der Waals surface area contributed by atoms with Crippen molar-refractivity contribution in [1.29, 1.82) is 0 Å². The van der Waals surface area contributed by atoms with Crippen LogP contribution >= 0.6 is 0 Å². The molecule has 0 bridgehead atoms. The van der Waals surface area contributed by atoms with Crippen LogP contribution in [0.1, 0.15) is 47.5 Å². The molecular weight excluding hydrogens is 214 g/mol. The molecule has 2 N–H and O–H groups in total. The van der Waals surface area contributed by atoms with E-state index in [4.69, 9.17) is 4.74 Å². The molecule has 3 nitrogen and oxygen atoms in total. The van der Waals surface area contributed by atoms with Gasteiger partial charge in [-0.15, -0.1) is 0 Å². The van der Waals surface area contributed by atoms with Gasteiger partial charge >= 0.3 is 0 Å². The van der Waals surface area contributed by atoms with Gasteiger partial charge in [-0.2, -0.15) is 0 Å². The van der Waals surface area contributed by atoms with Gasteiger partial charge < -0.3 is 15.2 Å². The summed E-state index contributed by atoms with van der Waals surface area (Å²) in [6, 6.07) is 0. The maximum absolute atomic E-state index is 10.1. The molecule has 0 fully saturated rings. The predicted molar refractivity (Wildman–Crippen MR) is 73.2 cm³/mol. The number of rotatable bonds is 10. The molecule has 1 unspecified atom stereocenters. The third-order valence-corrected chi connectivity index (χ3v) is 2.62. The van der Waals surface area contributed by atoms with Crippen LogP contribution in [0.3, 0.4) is 0 Å². The van der Waals surface area contributed by atoms with E-state index in [9.17, 15) is 5.11 Å². The number of hydrogen-bond donors (Lipinski definition) is 2. The molecule has 3 heteroatoms. The lowest BCUT2D eigenvalue weighted by molar-refractivity contribution is 0.0359. The van der Waals surface area contributed by atoms with Crippen molar-refractivity contribution in [1.82, 2.24) is 5.32 Å². The van der Waals surface area contributed by atoms with Crippen LogP contribution in [-0.2, 0) is 4.74 Å². The zero-order valence-electron chi connectivity index (χ0n) is 12.3. The summed E-state index contributed by atoms with van der Waals surface area (Å²) in [5.74, 6) is 1.23. The quantitative estimate of drug-likeness (QED) is 0.581. The van der Waals surface area contributed by atoms with Crippen LogP contribution in [0.5, 0.6) is 0 Å². The van der Waals surface area contributed by atoms with Gasteiger partial charge in [0, 0.05) is 19.7 Å². The summed E-state index contributed by atoms with van der Waals surface area (Å²) in [6.45, 7) is 13.6. The van der Waals surface area contributed by atoms with Gasteiger partial charge in [0.2, 0.25) is 0 Å². The van der Waals surface area contributed by atoms with E-state index in [2.05, 4.69) is 33.0 Å². The number of nitrogens with one attached hydrogen (secondary N) is 1. The lowest BCUT2D eigenvalue weighted by atomic mass is 9.94. The van der Waals surface area contributed by atoms with E-state index in [0.717, 1.165) is 32.6 Å². The first kappa shape index (κ1) is 16.9. The minimum atomic E-state index is -0.605. The summed E-state index contributed by atoms with van der Waals surface area (Å²) in [5, 5.41) is 13.3. The van der Waals surface area contributed by atoms with Crippen molar-refractivity contribution < 1.29 is 9.84 Å². The summed E-state index contributed by atoms with van der Waals surface area (Å²) in [6.07, 6.45) is 1.94. The third-order valence-electron chi connectivity index (χ3n) is 2.62. The predicted octanol–water partition coefficient (Wildman–Crippen LogP) is 2.44. The van der Waals surface area contributed by atoms with Gasteiger partial charge in [0.15, 0.2) is 0 Å². The second kappa shape index (κ2) is 8.90. The van der Waals surface area contributed by atoms with E-state index >= 15 is 0 Å². The minimum Gasteiger partial charge on any atom is -0.389 e. The summed E-state index contributed by atoms with van der Waals surface area (Å²) in [5.41, 5.74) is -0.605. The van der Waals surface area contributed by atoms with E-state index in [1.165, 1.54) is 0 Å². The Bertz CT molecular complexity index is 179. The first-order valence-electron chi connectivity index (χ1n) is 6.84. The fourth-order valence-corrected chi connectivity index (χ4v) is 1.87. The minimum absolute atomic E-state index is 0.522. The van der Waals surface area contributed by atoms with Crippen LogP contribution < -0.4 is 5.32 Å². The number of ether oxygens (including phenoxy) is 1. The highest BCUT2D eigenvalue weighted by Gasteiger charge is 2.20. The van der Waals surface area contributed by atoms with Gasteiger partial charge in [0.1, 0.15) is 0 Å². The molecule has 0 aliphatic rings. The molecule has 0 spiro atoms. The van der Waals surface area contributed by atoms with E-state index in [1.807, 2.05) is 6.92 Å². The average molecular weight is 245 g/mol. The molecule has 0 saturated heterocycles. The third kappa shape index (κ3) is 12.1. The molecule has 0 aliphatic heterocycles. The summed E-state index contributed by atoms with van der Waals surface area (Å²) < 4.78 is 5.50. The lowest BCUT2D eigenvalue weighted by Crippen LogP contribution is -2.40. The summed E-state index contributed by atoms with van der Waals surface area (Å²) in [7, 11) is 0. The fourth-order valence-electron chi connectivity index (χ4n) is 1.87. The molecule has 0 rings (SSSR count). The smallest absolute Gasteiger partial charge is 0.0746 e. The molecule has 0 aromatic carbocycles. The van der Waals surface area contributed by atoms with E-state index in [0.29, 0.717) is 18.4 Å². The molecule has 0 amide bonds. The Kier molecular flexibility index (Phi) is 8.83. The molecular formula is C14H31NO2. The van der Waals surface area contributed by atoms with Crippen LogP contribution in [-0.4, -0.2) is 37.0 Å². The Morgan fingerprint density at radius 1 is 1.12 bits per heavy atom. The molecule has 0 heterocycles. The van der Waals surface area contributed by atoms with Crippen LogP contribution in [0, 0.1) is 11.8 Å². The Hall–Kier alpha value is -0.120. The SMILES string of the molecule is CC(C)CCOCCNCC(C)(O)CC(C)C. The topological polar surface area (TPSA) is 41.5 Å². The second-order valence-electron chi connectivity index (χ2n) is 6.07. The van der Waals surface area contributed by atoms with Crippen molar-refractivity contribution in [2.24, 2.45) is 11.8 Å². The first-order valence-corrected chi connectivity index (χ1v) is 6.84. The molecule has 0 aromatic rings. The lowest BCUT2D eigenvalue weighted by Gasteiger charge is -2.25. The van der Waals surface area contributed by atoms with Crippen molar-refractivity contribution in [3.8, 4) is 0 Å². The van der Waals surface area contributed by atoms with Crippen LogP contribution in [0.15, 0.2) is 0 Å². The van der Waals surface area contributed by atoms with Gasteiger partial charge in [0.25, 0.3) is 0 Å². The van der Waals surface area contributed by atoms with Crippen LogP contribution in [0.2, 0.25) is 0 Å². The molecule has 0 aliphatic carbocycles. The van der Waals surface area contributed by atoms with E-state index in [1.54, 1.807) is 0 Å². The highest BCUT2D eigenvalue weighted by Crippen LogP contribution is 2.14. The second-order valence-corrected chi connectivity index (χ2v) is 6.07. The Labute approximate surface area is 107 Å². The Morgan fingerprint density at radius 3 is 2.29 bits per heavy atom. The highest BCUT2D eigenvalue weighted by atomic mass is 16.5. The molecule has 17 heavy (non-hydrogen) atoms.